The number of carbonyl (C=O) groups is 8. The third-order valence-corrected chi connectivity index (χ3v) is 15.9. The van der Waals surface area contributed by atoms with Gasteiger partial charge in [-0.05, 0) is 91.8 Å². The van der Waals surface area contributed by atoms with Crippen LogP contribution in [-0.4, -0.2) is 148 Å². The number of nitrogens with zero attached hydrogens (tertiary/aromatic N) is 4. The van der Waals surface area contributed by atoms with Crippen molar-refractivity contribution in [3.63, 3.8) is 0 Å². The Balaban J connectivity index is 0.859. The topological polar surface area (TPSA) is 256 Å². The first-order chi connectivity index (χ1) is 40.6. The van der Waals surface area contributed by atoms with E-state index in [-0.39, 0.29) is 55.7 Å². The van der Waals surface area contributed by atoms with E-state index in [1.54, 1.807) is 47.5 Å². The molecule has 0 saturated carbocycles. The first-order valence-electron chi connectivity index (χ1n) is 28.4. The quantitative estimate of drug-likeness (QED) is 0.0397. The highest BCUT2D eigenvalue weighted by Gasteiger charge is 2.40. The molecule has 5 aromatic rings. The van der Waals surface area contributed by atoms with Crippen molar-refractivity contribution in [1.82, 2.24) is 20.9 Å². The predicted octanol–water partition coefficient (Wildman–Crippen LogP) is 1.45. The molecule has 0 radical (unpaired) electrons. The van der Waals surface area contributed by atoms with Gasteiger partial charge in [-0.3, -0.25) is 53.1 Å². The van der Waals surface area contributed by atoms with Crippen molar-refractivity contribution in [3.05, 3.63) is 137 Å². The van der Waals surface area contributed by atoms with Crippen LogP contribution in [0.25, 0.3) is 0 Å². The fourth-order valence-electron chi connectivity index (χ4n) is 11.2. The average Bonchev–Trinajstić information content (AvgIpc) is 1.94. The maximum atomic E-state index is 14.3. The lowest BCUT2D eigenvalue weighted by Gasteiger charge is -2.33. The summed E-state index contributed by atoms with van der Waals surface area (Å²) < 4.78 is 25.6. The van der Waals surface area contributed by atoms with Crippen molar-refractivity contribution in [3.8, 4) is 23.0 Å². The standard InChI is InChI=1S/C60H65B4N9O12/c1-32(68-52(75)16-10-9-15-51(74)65-19-20-71-53(76)17-18-54(71)77)55(78)69-33(2)56(79)70-38-24-36(59(61,62)84-49-28-43-41(26-47(49)82-3)57(80)72-39(30-66-43)21-34-11-5-7-13-45(34)72)23-37(25-38)60(63,64)85-50-29-44-42(27-48(50)83-4)58(81)73-40(31-67-44)22-35-12-6-8-14-46(35)73/h5-8,11-14,17-18,23-30,32-33,39-40,67H,9-10,15-16,19-22,31,61-64H2,1-4H3,(H,65,74)(H,68,75)(H,69,78)(H,70,79)/t32?,33?,39-,40-/m0/s1. The van der Waals surface area contributed by atoms with Gasteiger partial charge in [-0.25, -0.2) is 0 Å². The van der Waals surface area contributed by atoms with Gasteiger partial charge < -0.3 is 50.4 Å². The number of nitrogens with one attached hydrogen (secondary N) is 5. The van der Waals surface area contributed by atoms with Crippen LogP contribution in [-0.2, 0) is 52.4 Å². The number of benzene rings is 5. The SMILES string of the molecule is BC(B)(Oc1cc2c(cc1OC)C(=O)N1c3ccccc3C[C@H]1C=N2)c1cc(NC(=O)C(C)NC(=O)C(C)NC(=O)CCCCC(=O)NCCN2C(=O)C=CC2=O)cc(C(B)(B)Oc2cc3c(cc2OC)C(=O)N2c4ccccc4C[C@H]2CN3)c1. The lowest BCUT2D eigenvalue weighted by molar-refractivity contribution is -0.137. The van der Waals surface area contributed by atoms with Gasteiger partial charge in [0.1, 0.15) is 12.1 Å². The van der Waals surface area contributed by atoms with Gasteiger partial charge in [0.25, 0.3) is 23.6 Å². The van der Waals surface area contributed by atoms with Crippen LogP contribution in [0.2, 0.25) is 0 Å². The Morgan fingerprint density at radius 2 is 1.24 bits per heavy atom. The minimum Gasteiger partial charge on any atom is -0.497 e. The molecule has 5 heterocycles. The second kappa shape index (κ2) is 24.1. The highest BCUT2D eigenvalue weighted by molar-refractivity contribution is 6.40. The highest BCUT2D eigenvalue weighted by Crippen LogP contribution is 2.45. The summed E-state index contributed by atoms with van der Waals surface area (Å²) in [6.07, 6.45) is 6.35. The number of imide groups is 1. The Labute approximate surface area is 495 Å². The second-order valence-corrected chi connectivity index (χ2v) is 22.7. The third kappa shape index (κ3) is 12.4. The lowest BCUT2D eigenvalue weighted by Crippen LogP contribution is -2.50. The van der Waals surface area contributed by atoms with Crippen LogP contribution in [0.4, 0.5) is 28.4 Å². The number of methoxy groups -OCH3 is 2. The second-order valence-electron chi connectivity index (χ2n) is 22.7. The van der Waals surface area contributed by atoms with E-state index < -0.39 is 52.4 Å². The molecule has 0 spiro atoms. The number of amides is 8. The molecule has 5 aromatic carbocycles. The zero-order valence-electron chi connectivity index (χ0n) is 48.8. The van der Waals surface area contributed by atoms with Crippen LogP contribution >= 0.6 is 0 Å². The van der Waals surface area contributed by atoms with E-state index in [2.05, 4.69) is 26.6 Å². The summed E-state index contributed by atoms with van der Waals surface area (Å²) in [7, 11) is 10.4. The van der Waals surface area contributed by atoms with Gasteiger partial charge in [0.2, 0.25) is 23.6 Å². The average molecular weight is 1150 g/mol. The number of para-hydroxylation sites is 2. The van der Waals surface area contributed by atoms with Crippen LogP contribution in [0.3, 0.4) is 0 Å². The molecule has 25 heteroatoms. The minimum absolute atomic E-state index is 0.0358. The number of carbonyl (C=O) groups excluding carboxylic acids is 8. The maximum Gasteiger partial charge on any atom is 0.261 e. The number of anilines is 4. The molecule has 85 heavy (non-hydrogen) atoms. The Morgan fingerprint density at radius 1 is 0.671 bits per heavy atom. The maximum absolute atomic E-state index is 14.3. The molecule has 4 atom stereocenters. The van der Waals surface area contributed by atoms with Gasteiger partial charge in [0.05, 0.1) is 59.6 Å². The molecule has 21 nitrogen and oxygen atoms in total. The number of rotatable bonds is 21. The fourth-order valence-corrected chi connectivity index (χ4v) is 11.2. The number of aliphatic imine (C=N–C) groups is 1. The van der Waals surface area contributed by atoms with E-state index in [1.165, 1.54) is 40.2 Å². The summed E-state index contributed by atoms with van der Waals surface area (Å²) >= 11 is 0. The Morgan fingerprint density at radius 3 is 1.88 bits per heavy atom. The molecule has 0 bridgehead atoms. The third-order valence-electron chi connectivity index (χ3n) is 15.9. The summed E-state index contributed by atoms with van der Waals surface area (Å²) in [5, 5.41) is 12.1. The molecular weight excluding hydrogens is 1080 g/mol. The first-order valence-corrected chi connectivity index (χ1v) is 28.4. The molecule has 0 aromatic heterocycles. The molecular formula is C60H65B4N9O12. The zero-order chi connectivity index (χ0) is 60.5. The van der Waals surface area contributed by atoms with Crippen molar-refractivity contribution in [2.45, 2.75) is 87.3 Å². The van der Waals surface area contributed by atoms with E-state index in [0.29, 0.717) is 94.5 Å². The van der Waals surface area contributed by atoms with Crippen LogP contribution in [0, 0.1) is 0 Å². The molecule has 8 amide bonds. The number of hydrogen-bond acceptors (Lipinski definition) is 14. The van der Waals surface area contributed by atoms with Crippen molar-refractivity contribution < 1.29 is 57.3 Å². The van der Waals surface area contributed by atoms with E-state index in [9.17, 15) is 38.4 Å². The molecule has 2 unspecified atom stereocenters. The lowest BCUT2D eigenvalue weighted by atomic mass is 9.57. The molecule has 0 saturated heterocycles. The Kier molecular flexibility index (Phi) is 16.7. The van der Waals surface area contributed by atoms with Gasteiger partial charge in [-0.15, -0.1) is 0 Å². The van der Waals surface area contributed by atoms with Crippen LogP contribution in [0.1, 0.15) is 82.5 Å². The fraction of sp³-hybridized carbons (Fsp3) is 0.317. The van der Waals surface area contributed by atoms with Crippen molar-refractivity contribution in [2.24, 2.45) is 4.99 Å². The molecule has 0 aliphatic carbocycles. The number of hydrogen-bond donors (Lipinski definition) is 5. The van der Waals surface area contributed by atoms with Crippen molar-refractivity contribution in [2.75, 3.05) is 54.3 Å². The molecule has 10 rings (SSSR count). The Hall–Kier alpha value is -9.27. The number of ether oxygens (including phenoxy) is 4. The normalized spacial score (nSPS) is 17.2. The van der Waals surface area contributed by atoms with Gasteiger partial charge in [-0.1, -0.05) is 42.5 Å². The van der Waals surface area contributed by atoms with Gasteiger partial charge in [0.15, 0.2) is 54.4 Å². The van der Waals surface area contributed by atoms with Crippen LogP contribution in [0.5, 0.6) is 23.0 Å². The zero-order valence-corrected chi connectivity index (χ0v) is 48.8. The molecule has 5 aliphatic rings. The summed E-state index contributed by atoms with van der Waals surface area (Å²) in [5.41, 5.74) is 7.11. The van der Waals surface area contributed by atoms with E-state index in [4.69, 9.17) is 23.9 Å². The van der Waals surface area contributed by atoms with E-state index in [1.807, 2.05) is 90.9 Å². The number of fused-ring (bicyclic) bond motifs is 8. The summed E-state index contributed by atoms with van der Waals surface area (Å²) in [6.45, 7) is 3.67. The number of unbranched alkanes of at least 4 members (excludes halogenated alkanes) is 1. The van der Waals surface area contributed by atoms with Crippen LogP contribution < -0.4 is 55.3 Å². The minimum atomic E-state index is -1.20. The molecule has 5 aliphatic heterocycles. The largest absolute Gasteiger partial charge is 0.497 e. The monoisotopic (exact) mass is 1150 g/mol. The first kappa shape index (κ1) is 58.9. The molecule has 5 N–H and O–H groups in total. The van der Waals surface area contributed by atoms with E-state index in [0.717, 1.165) is 27.4 Å². The van der Waals surface area contributed by atoms with Gasteiger partial charge in [0, 0.05) is 86.5 Å². The van der Waals surface area contributed by atoms with Crippen molar-refractivity contribution >= 4 is 113 Å². The summed E-state index contributed by atoms with van der Waals surface area (Å²) in [4.78, 5) is 114. The smallest absolute Gasteiger partial charge is 0.261 e. The molecule has 434 valence electrons. The van der Waals surface area contributed by atoms with Crippen LogP contribution in [0.15, 0.2) is 108 Å². The van der Waals surface area contributed by atoms with Gasteiger partial charge >= 0.3 is 0 Å². The summed E-state index contributed by atoms with van der Waals surface area (Å²) in [5.74, 6) is -1.89. The van der Waals surface area contributed by atoms with Crippen molar-refractivity contribution in [1.29, 1.82) is 0 Å². The highest BCUT2D eigenvalue weighted by atomic mass is 16.5. The van der Waals surface area contributed by atoms with Gasteiger partial charge in [-0.2, -0.15) is 0 Å². The summed E-state index contributed by atoms with van der Waals surface area (Å²) in [6, 6.07) is 25.4. The Bertz CT molecular complexity index is 3620. The predicted molar refractivity (Wildman–Crippen MR) is 331 cm³/mol. The van der Waals surface area contributed by atoms with E-state index >= 15 is 0 Å². The molecule has 0 fully saturated rings.